The van der Waals surface area contributed by atoms with E-state index in [-0.39, 0.29) is 29.7 Å². The molecule has 3 aromatic carbocycles. The van der Waals surface area contributed by atoms with E-state index in [1.165, 1.54) is 11.8 Å². The van der Waals surface area contributed by atoms with Crippen molar-refractivity contribution >= 4 is 51.8 Å². The molecular formula is C27H25ClN4O4S. The molecule has 10 heteroatoms. The molecule has 0 bridgehead atoms. The van der Waals surface area contributed by atoms with Crippen molar-refractivity contribution in [1.82, 2.24) is 14.9 Å². The van der Waals surface area contributed by atoms with E-state index in [2.05, 4.69) is 15.6 Å². The minimum absolute atomic E-state index is 0.0534. The molecule has 0 radical (unpaired) electrons. The highest BCUT2D eigenvalue weighted by Crippen LogP contribution is 2.21. The maximum absolute atomic E-state index is 13.4. The van der Waals surface area contributed by atoms with Crippen molar-refractivity contribution in [2.24, 2.45) is 0 Å². The summed E-state index contributed by atoms with van der Waals surface area (Å²) in [5.74, 6) is -0.391. The van der Waals surface area contributed by atoms with Gasteiger partial charge in [0.15, 0.2) is 5.16 Å². The number of amides is 2. The number of benzene rings is 3. The van der Waals surface area contributed by atoms with E-state index in [1.807, 2.05) is 6.07 Å². The van der Waals surface area contributed by atoms with Gasteiger partial charge in [0.1, 0.15) is 0 Å². The van der Waals surface area contributed by atoms with Gasteiger partial charge in [-0.2, -0.15) is 0 Å². The predicted molar refractivity (Wildman–Crippen MR) is 147 cm³/mol. The summed E-state index contributed by atoms with van der Waals surface area (Å²) in [4.78, 5) is 42.9. The zero-order valence-corrected chi connectivity index (χ0v) is 21.6. The molecule has 0 aliphatic heterocycles. The second-order valence-electron chi connectivity index (χ2n) is 8.10. The van der Waals surface area contributed by atoms with E-state index in [0.29, 0.717) is 45.5 Å². The topological polar surface area (TPSA) is 102 Å². The van der Waals surface area contributed by atoms with Crippen LogP contribution in [0.1, 0.15) is 15.9 Å². The number of rotatable bonds is 10. The van der Waals surface area contributed by atoms with Gasteiger partial charge in [-0.1, -0.05) is 53.7 Å². The second-order valence-corrected chi connectivity index (χ2v) is 9.47. The highest BCUT2D eigenvalue weighted by Gasteiger charge is 2.14. The molecular weight excluding hydrogens is 512 g/mol. The lowest BCUT2D eigenvalue weighted by atomic mass is 10.1. The third-order valence-corrected chi connectivity index (χ3v) is 6.63. The van der Waals surface area contributed by atoms with Gasteiger partial charge >= 0.3 is 0 Å². The molecule has 37 heavy (non-hydrogen) atoms. The van der Waals surface area contributed by atoms with E-state index in [9.17, 15) is 14.4 Å². The van der Waals surface area contributed by atoms with Crippen LogP contribution in [0.2, 0.25) is 5.02 Å². The molecule has 8 nitrogen and oxygen atoms in total. The van der Waals surface area contributed by atoms with Crippen molar-refractivity contribution in [3.05, 3.63) is 99.3 Å². The third-order valence-electron chi connectivity index (χ3n) is 5.42. The van der Waals surface area contributed by atoms with E-state index < -0.39 is 0 Å². The number of aromatic nitrogens is 2. The van der Waals surface area contributed by atoms with Gasteiger partial charge in [0.05, 0.1) is 29.8 Å². The Balaban J connectivity index is 1.54. The van der Waals surface area contributed by atoms with Crippen LogP contribution in [0.15, 0.2) is 82.7 Å². The van der Waals surface area contributed by atoms with Crippen LogP contribution in [-0.4, -0.2) is 47.4 Å². The van der Waals surface area contributed by atoms with Gasteiger partial charge in [-0.15, -0.1) is 0 Å². The average molecular weight is 537 g/mol. The Morgan fingerprint density at radius 2 is 1.84 bits per heavy atom. The van der Waals surface area contributed by atoms with Crippen molar-refractivity contribution in [3.8, 4) is 0 Å². The van der Waals surface area contributed by atoms with Gasteiger partial charge < -0.3 is 15.4 Å². The predicted octanol–water partition coefficient (Wildman–Crippen LogP) is 4.21. The SMILES string of the molecule is COCCNC(=O)c1ccc(Cn2c(SCC(=O)Nc3cccc(Cl)c3)nc3ccccc3c2=O)cc1. The summed E-state index contributed by atoms with van der Waals surface area (Å²) >= 11 is 7.17. The van der Waals surface area contributed by atoms with Crippen LogP contribution < -0.4 is 16.2 Å². The van der Waals surface area contributed by atoms with Crippen LogP contribution in [0.25, 0.3) is 10.9 Å². The Bertz CT molecular complexity index is 1470. The van der Waals surface area contributed by atoms with Gasteiger partial charge in [-0.25, -0.2) is 4.98 Å². The molecule has 0 saturated heterocycles. The number of halogens is 1. The first-order chi connectivity index (χ1) is 17.9. The molecule has 4 aromatic rings. The van der Waals surface area contributed by atoms with Crippen LogP contribution >= 0.6 is 23.4 Å². The third kappa shape index (κ3) is 6.97. The Morgan fingerprint density at radius 1 is 1.05 bits per heavy atom. The number of carbonyl (C=O) groups excluding carboxylic acids is 2. The molecule has 1 aromatic heterocycles. The molecule has 0 saturated carbocycles. The second kappa shape index (κ2) is 12.5. The number of methoxy groups -OCH3 is 1. The van der Waals surface area contributed by atoms with Gasteiger partial charge in [0.25, 0.3) is 11.5 Å². The highest BCUT2D eigenvalue weighted by molar-refractivity contribution is 7.99. The molecule has 1 heterocycles. The van der Waals surface area contributed by atoms with Crippen molar-refractivity contribution < 1.29 is 14.3 Å². The van der Waals surface area contributed by atoms with E-state index in [4.69, 9.17) is 16.3 Å². The molecule has 0 fully saturated rings. The smallest absolute Gasteiger partial charge is 0.262 e. The number of ether oxygens (including phenoxy) is 1. The summed E-state index contributed by atoms with van der Waals surface area (Å²) in [6.07, 6.45) is 0. The Labute approximate surface area is 223 Å². The quantitative estimate of drug-likeness (QED) is 0.179. The molecule has 2 N–H and O–H groups in total. The normalized spacial score (nSPS) is 10.9. The summed E-state index contributed by atoms with van der Waals surface area (Å²) in [5.41, 5.74) is 2.27. The molecule has 2 amide bonds. The number of thioether (sulfide) groups is 1. The summed E-state index contributed by atoms with van der Waals surface area (Å²) in [6.45, 7) is 1.08. The Kier molecular flexibility index (Phi) is 8.95. The molecule has 4 rings (SSSR count). The molecule has 0 atom stereocenters. The zero-order chi connectivity index (χ0) is 26.2. The van der Waals surface area contributed by atoms with Gasteiger partial charge in [0.2, 0.25) is 5.91 Å². The van der Waals surface area contributed by atoms with Gasteiger partial charge in [0, 0.05) is 29.9 Å². The molecule has 0 aliphatic carbocycles. The lowest BCUT2D eigenvalue weighted by Crippen LogP contribution is -2.27. The van der Waals surface area contributed by atoms with Gasteiger partial charge in [-0.3, -0.25) is 19.0 Å². The number of anilines is 1. The minimum atomic E-state index is -0.245. The van der Waals surface area contributed by atoms with Crippen molar-refractivity contribution in [2.45, 2.75) is 11.7 Å². The van der Waals surface area contributed by atoms with E-state index >= 15 is 0 Å². The zero-order valence-electron chi connectivity index (χ0n) is 20.1. The monoisotopic (exact) mass is 536 g/mol. The van der Waals surface area contributed by atoms with Crippen molar-refractivity contribution in [2.75, 3.05) is 31.3 Å². The lowest BCUT2D eigenvalue weighted by molar-refractivity contribution is -0.113. The maximum Gasteiger partial charge on any atom is 0.262 e. The van der Waals surface area contributed by atoms with Crippen LogP contribution in [-0.2, 0) is 16.1 Å². The maximum atomic E-state index is 13.4. The molecule has 0 unspecified atom stereocenters. The number of carbonyl (C=O) groups is 2. The highest BCUT2D eigenvalue weighted by atomic mass is 35.5. The summed E-state index contributed by atoms with van der Waals surface area (Å²) in [5, 5.41) is 7.02. The van der Waals surface area contributed by atoms with Crippen molar-refractivity contribution in [1.29, 1.82) is 0 Å². The summed E-state index contributed by atoms with van der Waals surface area (Å²) in [6, 6.07) is 21.0. The molecule has 0 aliphatic rings. The lowest BCUT2D eigenvalue weighted by Gasteiger charge is -2.14. The number of fused-ring (bicyclic) bond motifs is 1. The average Bonchev–Trinajstić information content (AvgIpc) is 2.90. The fourth-order valence-corrected chi connectivity index (χ4v) is 4.59. The minimum Gasteiger partial charge on any atom is -0.383 e. The molecule has 0 spiro atoms. The first-order valence-corrected chi connectivity index (χ1v) is 12.8. The van der Waals surface area contributed by atoms with Gasteiger partial charge in [-0.05, 0) is 48.0 Å². The fourth-order valence-electron chi connectivity index (χ4n) is 3.60. The number of hydrogen-bond donors (Lipinski definition) is 2. The van der Waals surface area contributed by atoms with E-state index in [1.54, 1.807) is 78.4 Å². The largest absolute Gasteiger partial charge is 0.383 e. The number of nitrogens with one attached hydrogen (secondary N) is 2. The first kappa shape index (κ1) is 26.4. The molecule has 190 valence electrons. The number of para-hydroxylation sites is 1. The Morgan fingerprint density at radius 3 is 2.59 bits per heavy atom. The van der Waals surface area contributed by atoms with Crippen LogP contribution in [0.3, 0.4) is 0 Å². The summed E-state index contributed by atoms with van der Waals surface area (Å²) in [7, 11) is 1.57. The fraction of sp³-hybridized carbons (Fsp3) is 0.185. The Hall–Kier alpha value is -3.66. The van der Waals surface area contributed by atoms with Crippen molar-refractivity contribution in [3.63, 3.8) is 0 Å². The first-order valence-electron chi connectivity index (χ1n) is 11.5. The standard InChI is InChI=1S/C27H25ClN4O4S/c1-36-14-13-29-25(34)19-11-9-18(10-12-19)16-32-26(35)22-7-2-3-8-23(22)31-27(32)37-17-24(33)30-21-6-4-5-20(28)15-21/h2-12,15H,13-14,16-17H2,1H3,(H,29,34)(H,30,33). The number of hydrogen-bond acceptors (Lipinski definition) is 6. The van der Waals surface area contributed by atoms with Crippen LogP contribution in [0.4, 0.5) is 5.69 Å². The summed E-state index contributed by atoms with van der Waals surface area (Å²) < 4.78 is 6.50. The van der Waals surface area contributed by atoms with E-state index in [0.717, 1.165) is 5.56 Å². The van der Waals surface area contributed by atoms with Crippen LogP contribution in [0.5, 0.6) is 0 Å². The van der Waals surface area contributed by atoms with Crippen LogP contribution in [0, 0.1) is 0 Å². The number of nitrogens with zero attached hydrogens (tertiary/aromatic N) is 2.